The van der Waals surface area contributed by atoms with E-state index in [4.69, 9.17) is 16.3 Å². The zero-order valence-electron chi connectivity index (χ0n) is 8.53. The van der Waals surface area contributed by atoms with Gasteiger partial charge in [-0.05, 0) is 37.3 Å². The average Bonchev–Trinajstić information content (AvgIpc) is 3.04. The number of rotatable bonds is 2. The highest BCUT2D eigenvalue weighted by Crippen LogP contribution is 2.41. The minimum atomic E-state index is 0.344. The minimum absolute atomic E-state index is 0.344. The predicted molar refractivity (Wildman–Crippen MR) is 56.1 cm³/mol. The van der Waals surface area contributed by atoms with Crippen LogP contribution in [0, 0.1) is 0 Å². The van der Waals surface area contributed by atoms with Crippen LogP contribution in [0.25, 0.3) is 0 Å². The van der Waals surface area contributed by atoms with E-state index in [1.807, 2.05) is 0 Å². The van der Waals surface area contributed by atoms with Crippen LogP contribution in [-0.4, -0.2) is 28.0 Å². The molecule has 2 fully saturated rings. The van der Waals surface area contributed by atoms with E-state index < -0.39 is 0 Å². The fourth-order valence-electron chi connectivity index (χ4n) is 2.17. The molecule has 4 nitrogen and oxygen atoms in total. The van der Waals surface area contributed by atoms with Crippen molar-refractivity contribution >= 4 is 11.6 Å². The summed E-state index contributed by atoms with van der Waals surface area (Å²) in [6, 6.07) is 0.344. The number of hydrogen-bond donors (Lipinski definition) is 0. The molecule has 0 amide bonds. The summed E-state index contributed by atoms with van der Waals surface area (Å²) in [7, 11) is 0. The third kappa shape index (κ3) is 1.76. The second-order valence-electron chi connectivity index (χ2n) is 4.34. The van der Waals surface area contributed by atoms with Crippen molar-refractivity contribution < 1.29 is 4.74 Å². The van der Waals surface area contributed by atoms with Gasteiger partial charge in [0.15, 0.2) is 0 Å². The van der Waals surface area contributed by atoms with Gasteiger partial charge in [-0.1, -0.05) is 0 Å². The van der Waals surface area contributed by atoms with Gasteiger partial charge < -0.3 is 4.74 Å². The Kier molecular flexibility index (Phi) is 2.41. The largest absolute Gasteiger partial charge is 0.379 e. The smallest absolute Gasteiger partial charge is 0.225 e. The van der Waals surface area contributed by atoms with Crippen LogP contribution in [0.1, 0.15) is 43.5 Å². The standard InChI is InChI=1S/C10H14ClN3O/c11-10-13-12-9(7-3-4-7)14(10)8-2-1-5-15-6-8/h7-8H,1-6H2. The summed E-state index contributed by atoms with van der Waals surface area (Å²) in [6.07, 6.45) is 4.67. The van der Waals surface area contributed by atoms with Crippen LogP contribution in [-0.2, 0) is 4.74 Å². The molecule has 1 saturated heterocycles. The van der Waals surface area contributed by atoms with Crippen LogP contribution in [0.15, 0.2) is 0 Å². The SMILES string of the molecule is Clc1nnc(C2CC2)n1C1CCCOC1. The average molecular weight is 228 g/mol. The number of nitrogens with zero attached hydrogens (tertiary/aromatic N) is 3. The van der Waals surface area contributed by atoms with Gasteiger partial charge in [0.05, 0.1) is 12.6 Å². The van der Waals surface area contributed by atoms with Gasteiger partial charge >= 0.3 is 0 Å². The van der Waals surface area contributed by atoms with E-state index in [9.17, 15) is 0 Å². The second kappa shape index (κ2) is 3.76. The monoisotopic (exact) mass is 227 g/mol. The Morgan fingerprint density at radius 3 is 2.80 bits per heavy atom. The van der Waals surface area contributed by atoms with Crippen LogP contribution in [0.5, 0.6) is 0 Å². The van der Waals surface area contributed by atoms with E-state index in [1.165, 1.54) is 12.8 Å². The number of aromatic nitrogens is 3. The Hall–Kier alpha value is -0.610. The Labute approximate surface area is 93.6 Å². The summed E-state index contributed by atoms with van der Waals surface area (Å²) in [5.41, 5.74) is 0. The first-order chi connectivity index (χ1) is 7.36. The molecule has 0 aromatic carbocycles. The molecule has 1 aromatic rings. The molecule has 2 heterocycles. The molecule has 1 aromatic heterocycles. The van der Waals surface area contributed by atoms with Gasteiger partial charge in [-0.2, -0.15) is 0 Å². The van der Waals surface area contributed by atoms with Crippen molar-refractivity contribution in [2.45, 2.75) is 37.6 Å². The van der Waals surface area contributed by atoms with Gasteiger partial charge in [0.25, 0.3) is 0 Å². The number of ether oxygens (including phenoxy) is 1. The first-order valence-electron chi connectivity index (χ1n) is 5.54. The van der Waals surface area contributed by atoms with E-state index in [-0.39, 0.29) is 0 Å². The van der Waals surface area contributed by atoms with Crippen LogP contribution >= 0.6 is 11.6 Å². The highest BCUT2D eigenvalue weighted by molar-refractivity contribution is 6.28. The summed E-state index contributed by atoms with van der Waals surface area (Å²) in [5.74, 6) is 1.66. The third-order valence-corrected chi connectivity index (χ3v) is 3.38. The maximum absolute atomic E-state index is 6.08. The van der Waals surface area contributed by atoms with Crippen molar-refractivity contribution in [2.75, 3.05) is 13.2 Å². The molecule has 1 aliphatic heterocycles. The first-order valence-corrected chi connectivity index (χ1v) is 5.92. The fourth-order valence-corrected chi connectivity index (χ4v) is 2.43. The Bertz CT molecular complexity index is 356. The van der Waals surface area contributed by atoms with E-state index in [0.29, 0.717) is 17.2 Å². The topological polar surface area (TPSA) is 39.9 Å². The van der Waals surface area contributed by atoms with Crippen LogP contribution in [0.3, 0.4) is 0 Å². The molecule has 0 radical (unpaired) electrons. The molecule has 0 spiro atoms. The van der Waals surface area contributed by atoms with Gasteiger partial charge in [0.2, 0.25) is 5.28 Å². The lowest BCUT2D eigenvalue weighted by Crippen LogP contribution is -2.22. The van der Waals surface area contributed by atoms with Crippen molar-refractivity contribution in [3.63, 3.8) is 0 Å². The van der Waals surface area contributed by atoms with Gasteiger partial charge in [-0.25, -0.2) is 0 Å². The molecule has 1 aliphatic carbocycles. The van der Waals surface area contributed by atoms with E-state index in [1.54, 1.807) is 0 Å². The van der Waals surface area contributed by atoms with E-state index in [2.05, 4.69) is 14.8 Å². The third-order valence-electron chi connectivity index (χ3n) is 3.12. The molecule has 15 heavy (non-hydrogen) atoms. The molecule has 1 saturated carbocycles. The second-order valence-corrected chi connectivity index (χ2v) is 4.68. The summed E-state index contributed by atoms with van der Waals surface area (Å²) < 4.78 is 7.56. The highest BCUT2D eigenvalue weighted by Gasteiger charge is 2.32. The molecule has 0 N–H and O–H groups in total. The lowest BCUT2D eigenvalue weighted by atomic mass is 10.1. The van der Waals surface area contributed by atoms with Crippen molar-refractivity contribution in [1.82, 2.24) is 14.8 Å². The van der Waals surface area contributed by atoms with Crippen molar-refractivity contribution in [3.05, 3.63) is 11.1 Å². The zero-order valence-corrected chi connectivity index (χ0v) is 9.28. The molecule has 82 valence electrons. The molecule has 3 rings (SSSR count). The van der Waals surface area contributed by atoms with Gasteiger partial charge in [-0.15, -0.1) is 10.2 Å². The van der Waals surface area contributed by atoms with Crippen molar-refractivity contribution in [3.8, 4) is 0 Å². The molecular weight excluding hydrogens is 214 g/mol. The number of halogens is 1. The molecule has 0 bridgehead atoms. The van der Waals surface area contributed by atoms with E-state index >= 15 is 0 Å². The fraction of sp³-hybridized carbons (Fsp3) is 0.800. The maximum Gasteiger partial charge on any atom is 0.225 e. The lowest BCUT2D eigenvalue weighted by Gasteiger charge is -2.24. The Morgan fingerprint density at radius 1 is 1.27 bits per heavy atom. The number of hydrogen-bond acceptors (Lipinski definition) is 3. The van der Waals surface area contributed by atoms with Crippen molar-refractivity contribution in [2.24, 2.45) is 0 Å². The highest BCUT2D eigenvalue weighted by atomic mass is 35.5. The molecule has 1 atom stereocenters. The maximum atomic E-state index is 6.08. The zero-order chi connectivity index (χ0) is 10.3. The minimum Gasteiger partial charge on any atom is -0.379 e. The molecular formula is C10H14ClN3O. The molecule has 1 unspecified atom stereocenters. The quantitative estimate of drug-likeness (QED) is 0.778. The summed E-state index contributed by atoms with van der Waals surface area (Å²) >= 11 is 6.08. The molecule has 5 heteroatoms. The van der Waals surface area contributed by atoms with Crippen LogP contribution in [0.4, 0.5) is 0 Å². The van der Waals surface area contributed by atoms with Gasteiger partial charge in [-0.3, -0.25) is 4.57 Å². The van der Waals surface area contributed by atoms with Crippen LogP contribution < -0.4 is 0 Å². The Balaban J connectivity index is 1.90. The normalized spacial score (nSPS) is 26.9. The Morgan fingerprint density at radius 2 is 2.13 bits per heavy atom. The van der Waals surface area contributed by atoms with Gasteiger partial charge in [0, 0.05) is 12.5 Å². The van der Waals surface area contributed by atoms with Crippen molar-refractivity contribution in [1.29, 1.82) is 0 Å². The first kappa shape index (κ1) is 9.60. The van der Waals surface area contributed by atoms with Gasteiger partial charge in [0.1, 0.15) is 5.82 Å². The summed E-state index contributed by atoms with van der Waals surface area (Å²) in [4.78, 5) is 0. The summed E-state index contributed by atoms with van der Waals surface area (Å²) in [5, 5.41) is 8.67. The summed E-state index contributed by atoms with van der Waals surface area (Å²) in [6.45, 7) is 1.62. The van der Waals surface area contributed by atoms with E-state index in [0.717, 1.165) is 31.9 Å². The predicted octanol–water partition coefficient (Wildman–Crippen LogP) is 2.16. The lowest BCUT2D eigenvalue weighted by molar-refractivity contribution is 0.0582. The molecule has 2 aliphatic rings. The van der Waals surface area contributed by atoms with Crippen LogP contribution in [0.2, 0.25) is 5.28 Å².